The van der Waals surface area contributed by atoms with Crippen LogP contribution in [0.3, 0.4) is 0 Å². The molecular formula is C11H11ClN4O2. The van der Waals surface area contributed by atoms with Gasteiger partial charge < -0.3 is 10.4 Å². The number of hydrogen-bond donors (Lipinski definition) is 2. The number of halogens is 1. The van der Waals surface area contributed by atoms with Crippen molar-refractivity contribution in [1.82, 2.24) is 14.8 Å². The number of hydrogen-bond acceptors (Lipinski definition) is 4. The molecule has 2 aromatic rings. The summed E-state index contributed by atoms with van der Waals surface area (Å²) in [5.41, 5.74) is 0.995. The summed E-state index contributed by atoms with van der Waals surface area (Å²) in [5.74, 6) is -0.803. The molecule has 0 spiro atoms. The molecule has 7 heteroatoms. The summed E-state index contributed by atoms with van der Waals surface area (Å²) in [5, 5.41) is 16.2. The summed E-state index contributed by atoms with van der Waals surface area (Å²) in [6.07, 6.45) is 1.67. The minimum absolute atomic E-state index is 0.0848. The van der Waals surface area contributed by atoms with Gasteiger partial charge in [0.1, 0.15) is 16.5 Å². The number of aromatic carboxylic acids is 1. The van der Waals surface area contributed by atoms with Crippen LogP contribution in [0.5, 0.6) is 0 Å². The van der Waals surface area contributed by atoms with E-state index in [1.165, 1.54) is 12.1 Å². The Kier molecular flexibility index (Phi) is 3.47. The highest BCUT2D eigenvalue weighted by atomic mass is 35.5. The molecule has 2 N–H and O–H groups in total. The van der Waals surface area contributed by atoms with Crippen molar-refractivity contribution < 1.29 is 9.90 Å². The van der Waals surface area contributed by atoms with Gasteiger partial charge in [-0.05, 0) is 18.2 Å². The molecule has 2 aromatic heterocycles. The van der Waals surface area contributed by atoms with Crippen LogP contribution in [0.1, 0.15) is 16.1 Å². The molecule has 0 aromatic carbocycles. The molecule has 0 amide bonds. The first kappa shape index (κ1) is 12.4. The highest BCUT2D eigenvalue weighted by Crippen LogP contribution is 2.17. The number of aryl methyl sites for hydroxylation is 1. The van der Waals surface area contributed by atoms with Crippen molar-refractivity contribution >= 4 is 23.4 Å². The SMILES string of the molecule is Cn1nccc1CNc1nc(Cl)ccc1C(=O)O. The van der Waals surface area contributed by atoms with Crippen LogP contribution in [0.25, 0.3) is 0 Å². The molecular weight excluding hydrogens is 256 g/mol. The van der Waals surface area contributed by atoms with E-state index in [9.17, 15) is 4.79 Å². The average Bonchev–Trinajstić information content (AvgIpc) is 2.72. The van der Waals surface area contributed by atoms with E-state index in [1.807, 2.05) is 6.07 Å². The van der Waals surface area contributed by atoms with Gasteiger partial charge in [0.15, 0.2) is 0 Å². The van der Waals surface area contributed by atoms with Crippen molar-refractivity contribution in [1.29, 1.82) is 0 Å². The Morgan fingerprint density at radius 2 is 2.28 bits per heavy atom. The number of nitrogens with one attached hydrogen (secondary N) is 1. The molecule has 2 rings (SSSR count). The van der Waals surface area contributed by atoms with E-state index in [0.29, 0.717) is 6.54 Å². The van der Waals surface area contributed by atoms with Gasteiger partial charge in [-0.2, -0.15) is 5.10 Å². The second-order valence-corrected chi connectivity index (χ2v) is 4.02. The van der Waals surface area contributed by atoms with Gasteiger partial charge in [-0.1, -0.05) is 11.6 Å². The minimum Gasteiger partial charge on any atom is -0.478 e. The van der Waals surface area contributed by atoms with Crippen molar-refractivity contribution in [3.05, 3.63) is 40.8 Å². The smallest absolute Gasteiger partial charge is 0.339 e. The monoisotopic (exact) mass is 266 g/mol. The normalized spacial score (nSPS) is 10.3. The van der Waals surface area contributed by atoms with Crippen molar-refractivity contribution in [3.8, 4) is 0 Å². The molecule has 0 unspecified atom stereocenters. The zero-order chi connectivity index (χ0) is 13.1. The van der Waals surface area contributed by atoms with Crippen LogP contribution < -0.4 is 5.32 Å². The fraction of sp³-hybridized carbons (Fsp3) is 0.182. The van der Waals surface area contributed by atoms with E-state index in [-0.39, 0.29) is 16.5 Å². The average molecular weight is 267 g/mol. The van der Waals surface area contributed by atoms with Crippen LogP contribution in [-0.4, -0.2) is 25.8 Å². The first-order valence-electron chi connectivity index (χ1n) is 5.18. The zero-order valence-electron chi connectivity index (χ0n) is 9.59. The van der Waals surface area contributed by atoms with Gasteiger partial charge in [0.25, 0.3) is 0 Å². The quantitative estimate of drug-likeness (QED) is 0.825. The Morgan fingerprint density at radius 3 is 2.89 bits per heavy atom. The van der Waals surface area contributed by atoms with E-state index in [4.69, 9.17) is 16.7 Å². The maximum atomic E-state index is 11.0. The first-order valence-corrected chi connectivity index (χ1v) is 5.56. The van der Waals surface area contributed by atoms with Crippen molar-refractivity contribution in [2.45, 2.75) is 6.54 Å². The summed E-state index contributed by atoms with van der Waals surface area (Å²) in [6.45, 7) is 0.421. The number of nitrogens with zero attached hydrogens (tertiary/aromatic N) is 3. The number of carboxylic acids is 1. The van der Waals surface area contributed by atoms with Gasteiger partial charge in [0, 0.05) is 13.2 Å². The Labute approximate surface area is 108 Å². The number of carbonyl (C=O) groups is 1. The largest absolute Gasteiger partial charge is 0.478 e. The number of pyridine rings is 1. The van der Waals surface area contributed by atoms with E-state index in [1.54, 1.807) is 17.9 Å². The lowest BCUT2D eigenvalue weighted by Gasteiger charge is -2.09. The Hall–Kier alpha value is -2.08. The van der Waals surface area contributed by atoms with Gasteiger partial charge in [-0.25, -0.2) is 9.78 Å². The second kappa shape index (κ2) is 5.05. The summed E-state index contributed by atoms with van der Waals surface area (Å²) >= 11 is 5.75. The lowest BCUT2D eigenvalue weighted by Crippen LogP contribution is -2.10. The molecule has 0 radical (unpaired) electrons. The number of rotatable bonds is 4. The zero-order valence-corrected chi connectivity index (χ0v) is 10.3. The third-order valence-electron chi connectivity index (χ3n) is 2.45. The Balaban J connectivity index is 2.20. The third-order valence-corrected chi connectivity index (χ3v) is 2.66. The summed E-state index contributed by atoms with van der Waals surface area (Å²) in [7, 11) is 1.81. The Morgan fingerprint density at radius 1 is 1.50 bits per heavy atom. The second-order valence-electron chi connectivity index (χ2n) is 3.64. The van der Waals surface area contributed by atoms with Gasteiger partial charge in [0.05, 0.1) is 12.2 Å². The fourth-order valence-corrected chi connectivity index (χ4v) is 1.64. The van der Waals surface area contributed by atoms with Gasteiger partial charge in [-0.15, -0.1) is 0 Å². The third kappa shape index (κ3) is 2.60. The molecule has 0 saturated carbocycles. The summed E-state index contributed by atoms with van der Waals surface area (Å²) in [6, 6.07) is 4.70. The van der Waals surface area contributed by atoms with E-state index in [0.717, 1.165) is 5.69 Å². The fourth-order valence-electron chi connectivity index (χ4n) is 1.49. The summed E-state index contributed by atoms with van der Waals surface area (Å²) < 4.78 is 1.69. The van der Waals surface area contributed by atoms with Gasteiger partial charge in [0.2, 0.25) is 0 Å². The van der Waals surface area contributed by atoms with Crippen molar-refractivity contribution in [2.75, 3.05) is 5.32 Å². The predicted molar refractivity (Wildman–Crippen MR) is 66.7 cm³/mol. The molecule has 0 aliphatic carbocycles. The summed E-state index contributed by atoms with van der Waals surface area (Å²) in [4.78, 5) is 15.0. The maximum absolute atomic E-state index is 11.0. The molecule has 6 nitrogen and oxygen atoms in total. The standard InChI is InChI=1S/C11H11ClN4O2/c1-16-7(4-5-14-16)6-13-10-8(11(17)18)2-3-9(12)15-10/h2-5H,6H2,1H3,(H,13,15)(H,17,18). The molecule has 2 heterocycles. The van der Waals surface area contributed by atoms with Crippen LogP contribution >= 0.6 is 11.6 Å². The highest BCUT2D eigenvalue weighted by molar-refractivity contribution is 6.29. The van der Waals surface area contributed by atoms with E-state index >= 15 is 0 Å². The molecule has 18 heavy (non-hydrogen) atoms. The molecule has 0 aliphatic heterocycles. The van der Waals surface area contributed by atoms with E-state index < -0.39 is 5.97 Å². The van der Waals surface area contributed by atoms with Gasteiger partial charge in [-0.3, -0.25) is 4.68 Å². The molecule has 94 valence electrons. The Bertz CT molecular complexity index is 582. The molecule has 0 fully saturated rings. The number of aromatic nitrogens is 3. The van der Waals surface area contributed by atoms with Crippen molar-refractivity contribution in [2.24, 2.45) is 7.05 Å². The molecule has 0 saturated heterocycles. The van der Waals surface area contributed by atoms with E-state index in [2.05, 4.69) is 15.4 Å². The van der Waals surface area contributed by atoms with Gasteiger partial charge >= 0.3 is 5.97 Å². The first-order chi connectivity index (χ1) is 8.58. The number of anilines is 1. The van der Waals surface area contributed by atoms with Crippen LogP contribution in [-0.2, 0) is 13.6 Å². The maximum Gasteiger partial charge on any atom is 0.339 e. The highest BCUT2D eigenvalue weighted by Gasteiger charge is 2.12. The minimum atomic E-state index is -1.05. The molecule has 0 aliphatic rings. The topological polar surface area (TPSA) is 80.0 Å². The van der Waals surface area contributed by atoms with Crippen LogP contribution in [0, 0.1) is 0 Å². The van der Waals surface area contributed by atoms with Crippen LogP contribution in [0.15, 0.2) is 24.4 Å². The van der Waals surface area contributed by atoms with Crippen molar-refractivity contribution in [3.63, 3.8) is 0 Å². The molecule has 0 bridgehead atoms. The number of carboxylic acid groups (broad SMARTS) is 1. The lowest BCUT2D eigenvalue weighted by atomic mass is 10.2. The predicted octanol–water partition coefficient (Wildman–Crippen LogP) is 1.78. The van der Waals surface area contributed by atoms with Crippen LogP contribution in [0.2, 0.25) is 5.15 Å². The van der Waals surface area contributed by atoms with Crippen LogP contribution in [0.4, 0.5) is 5.82 Å². The molecule has 0 atom stereocenters. The lowest BCUT2D eigenvalue weighted by molar-refractivity contribution is 0.0697.